The third-order valence-electron chi connectivity index (χ3n) is 1.81. The van der Waals surface area contributed by atoms with Gasteiger partial charge in [0.2, 0.25) is 0 Å². The minimum absolute atomic E-state index is 0.0595. The third-order valence-corrected chi connectivity index (χ3v) is 10.4. The molecule has 5 unspecified atom stereocenters. The van der Waals surface area contributed by atoms with Crippen LogP contribution in [-0.2, 0) is 14.1 Å². The Morgan fingerprint density at radius 3 is 3.00 bits per heavy atom. The summed E-state index contributed by atoms with van der Waals surface area (Å²) in [6.07, 6.45) is -0.572. The van der Waals surface area contributed by atoms with Gasteiger partial charge in [-0.3, -0.25) is 4.79 Å². The highest BCUT2D eigenvalue weighted by atomic mass is 32.6. The maximum atomic E-state index is 11.6. The van der Waals surface area contributed by atoms with Crippen LogP contribution < -0.4 is 0 Å². The van der Waals surface area contributed by atoms with Gasteiger partial charge in [0.15, 0.2) is 0 Å². The molecule has 0 saturated carbocycles. The van der Waals surface area contributed by atoms with Crippen LogP contribution in [0.2, 0.25) is 0 Å². The summed E-state index contributed by atoms with van der Waals surface area (Å²) in [5.41, 5.74) is 0. The van der Waals surface area contributed by atoms with Gasteiger partial charge in [-0.1, -0.05) is 8.93 Å². The first kappa shape index (κ1) is 13.7. The maximum Gasteiger partial charge on any atom is 0.417 e. The number of nitrogens with zero attached hydrogens (tertiary/aromatic N) is 1. The zero-order valence-electron chi connectivity index (χ0n) is 8.17. The quantitative estimate of drug-likeness (QED) is 0.741. The van der Waals surface area contributed by atoms with E-state index < -0.39 is 13.6 Å². The van der Waals surface area contributed by atoms with E-state index in [0.717, 1.165) is 4.90 Å². The fourth-order valence-electron chi connectivity index (χ4n) is 1.10. The van der Waals surface area contributed by atoms with Gasteiger partial charge in [0, 0.05) is 0 Å². The van der Waals surface area contributed by atoms with Crippen LogP contribution in [0.25, 0.3) is 0 Å². The molecule has 1 aliphatic rings. The van der Waals surface area contributed by atoms with E-state index >= 15 is 0 Å². The van der Waals surface area contributed by atoms with Crippen LogP contribution in [0.1, 0.15) is 6.92 Å². The number of rotatable bonds is 4. The highest BCUT2D eigenvalue weighted by Gasteiger charge is 2.34. The monoisotopic (exact) mass is 287 g/mol. The van der Waals surface area contributed by atoms with Crippen LogP contribution >= 0.6 is 33.3 Å². The average molecular weight is 287 g/mol. The van der Waals surface area contributed by atoms with E-state index in [2.05, 4.69) is 17.9 Å². The predicted octanol–water partition coefficient (Wildman–Crippen LogP) is 1.94. The maximum absolute atomic E-state index is 11.6. The normalized spacial score (nSPS) is 23.5. The number of carbonyl (C=O) groups excluding carboxylic acids is 2. The second-order valence-electron chi connectivity index (χ2n) is 2.92. The second kappa shape index (κ2) is 6.38. The van der Waals surface area contributed by atoms with Crippen molar-refractivity contribution in [1.82, 2.24) is 4.90 Å². The van der Waals surface area contributed by atoms with Crippen molar-refractivity contribution in [3.05, 3.63) is 0 Å². The fourth-order valence-corrected chi connectivity index (χ4v) is 2.73. The molecule has 1 aliphatic heterocycles. The first-order chi connectivity index (χ1) is 7.06. The van der Waals surface area contributed by atoms with E-state index in [1.165, 1.54) is 0 Å². The zero-order valence-corrected chi connectivity index (χ0v) is 12.4. The third kappa shape index (κ3) is 3.84. The Kier molecular flexibility index (Phi) is 5.82. The SMILES string of the molecule is CC1COC(=O)N1C(=O)COP(P)PP. The Balaban J connectivity index is 2.42. The molecule has 2 amide bonds. The summed E-state index contributed by atoms with van der Waals surface area (Å²) >= 11 is 0. The van der Waals surface area contributed by atoms with Crippen LogP contribution in [0, 0.1) is 0 Å². The Labute approximate surface area is 95.7 Å². The van der Waals surface area contributed by atoms with Crippen molar-refractivity contribution in [2.45, 2.75) is 13.0 Å². The van der Waals surface area contributed by atoms with Crippen molar-refractivity contribution in [3.8, 4) is 0 Å². The molecule has 86 valence electrons. The molecular weight excluding hydrogens is 274 g/mol. The second-order valence-corrected chi connectivity index (χ2v) is 11.5. The molecule has 0 bridgehead atoms. The van der Waals surface area contributed by atoms with Gasteiger partial charge in [0.1, 0.15) is 13.2 Å². The van der Waals surface area contributed by atoms with E-state index in [1.807, 2.05) is 0 Å². The minimum Gasteiger partial charge on any atom is -0.447 e. The van der Waals surface area contributed by atoms with Crippen molar-refractivity contribution >= 4 is 45.3 Å². The van der Waals surface area contributed by atoms with Crippen molar-refractivity contribution in [2.75, 3.05) is 13.2 Å². The molecule has 0 aromatic carbocycles. The standard InChI is InChI=1S/C6H13NO4P4/c1-4-2-10-6(9)7(4)5(8)3-11-15(13)14-12/h4,14H,2-3,12-13H2,1H3. The average Bonchev–Trinajstić information content (AvgIpc) is 2.54. The highest BCUT2D eigenvalue weighted by molar-refractivity contribution is 8.59. The van der Waals surface area contributed by atoms with Crippen LogP contribution in [0.4, 0.5) is 4.79 Å². The largest absolute Gasteiger partial charge is 0.447 e. The summed E-state index contributed by atoms with van der Waals surface area (Å²) in [5.74, 6) is -0.330. The Morgan fingerprint density at radius 2 is 2.53 bits per heavy atom. The lowest BCUT2D eigenvalue weighted by Gasteiger charge is -2.17. The summed E-state index contributed by atoms with van der Waals surface area (Å²) in [4.78, 5) is 23.9. The van der Waals surface area contributed by atoms with Gasteiger partial charge in [-0.2, -0.15) is 0 Å². The van der Waals surface area contributed by atoms with Gasteiger partial charge < -0.3 is 9.26 Å². The number of cyclic esters (lactones) is 1. The van der Waals surface area contributed by atoms with E-state index in [4.69, 9.17) is 9.26 Å². The fraction of sp³-hybridized carbons (Fsp3) is 0.667. The molecule has 0 radical (unpaired) electrons. The van der Waals surface area contributed by atoms with Crippen LogP contribution in [0.5, 0.6) is 0 Å². The minimum atomic E-state index is -0.646. The van der Waals surface area contributed by atoms with Crippen molar-refractivity contribution in [1.29, 1.82) is 0 Å². The smallest absolute Gasteiger partial charge is 0.417 e. The lowest BCUT2D eigenvalue weighted by molar-refractivity contribution is -0.130. The lowest BCUT2D eigenvalue weighted by atomic mass is 10.3. The molecule has 5 atom stereocenters. The van der Waals surface area contributed by atoms with Gasteiger partial charge in [-0.05, 0) is 14.9 Å². The van der Waals surface area contributed by atoms with Gasteiger partial charge in [0.05, 0.1) is 13.6 Å². The summed E-state index contributed by atoms with van der Waals surface area (Å²) in [6.45, 7) is 1.98. The summed E-state index contributed by atoms with van der Waals surface area (Å²) < 4.78 is 10.0. The van der Waals surface area contributed by atoms with Gasteiger partial charge >= 0.3 is 6.09 Å². The molecule has 0 aliphatic carbocycles. The molecule has 0 aromatic rings. The van der Waals surface area contributed by atoms with E-state index in [0.29, 0.717) is 7.96 Å². The first-order valence-electron chi connectivity index (χ1n) is 4.19. The highest BCUT2D eigenvalue weighted by Crippen LogP contribution is 2.66. The Hall–Kier alpha value is 0.620. The van der Waals surface area contributed by atoms with Crippen molar-refractivity contribution < 1.29 is 18.8 Å². The molecule has 1 fully saturated rings. The number of imide groups is 1. The van der Waals surface area contributed by atoms with Crippen LogP contribution in [-0.4, -0.2) is 36.2 Å². The zero-order chi connectivity index (χ0) is 11.4. The van der Waals surface area contributed by atoms with Crippen LogP contribution in [0.3, 0.4) is 0 Å². The summed E-state index contributed by atoms with van der Waals surface area (Å²) in [6, 6.07) is -0.192. The van der Waals surface area contributed by atoms with Crippen molar-refractivity contribution in [2.24, 2.45) is 0 Å². The van der Waals surface area contributed by atoms with E-state index in [9.17, 15) is 9.59 Å². The summed E-state index contributed by atoms with van der Waals surface area (Å²) in [5, 5.41) is 0. The molecule has 0 N–H and O–H groups in total. The predicted molar refractivity (Wildman–Crippen MR) is 68.3 cm³/mol. The molecule has 1 heterocycles. The molecule has 1 rings (SSSR count). The van der Waals surface area contributed by atoms with Crippen molar-refractivity contribution in [3.63, 3.8) is 0 Å². The Bertz CT molecular complexity index is 264. The molecule has 15 heavy (non-hydrogen) atoms. The molecule has 5 nitrogen and oxygen atoms in total. The molecule has 9 heteroatoms. The van der Waals surface area contributed by atoms with Gasteiger partial charge in [-0.15, -0.1) is 8.93 Å². The van der Waals surface area contributed by atoms with E-state index in [1.54, 1.807) is 6.92 Å². The molecule has 0 spiro atoms. The number of ether oxygens (including phenoxy) is 1. The summed E-state index contributed by atoms with van der Waals surface area (Å²) in [7, 11) is 5.03. The van der Waals surface area contributed by atoms with Gasteiger partial charge in [0.25, 0.3) is 5.91 Å². The topological polar surface area (TPSA) is 55.8 Å². The molecule has 0 aromatic heterocycles. The number of hydrogen-bond acceptors (Lipinski definition) is 4. The first-order valence-corrected chi connectivity index (χ1v) is 10.7. The van der Waals surface area contributed by atoms with E-state index in [-0.39, 0.29) is 25.2 Å². The number of carbonyl (C=O) groups is 2. The molecular formula is C6H13NO4P4. The number of hydrogen-bond donors (Lipinski definition) is 0. The number of amides is 2. The van der Waals surface area contributed by atoms with Crippen LogP contribution in [0.15, 0.2) is 0 Å². The lowest BCUT2D eigenvalue weighted by Crippen LogP contribution is -2.39. The molecule has 1 saturated heterocycles. The van der Waals surface area contributed by atoms with Gasteiger partial charge in [-0.25, -0.2) is 9.69 Å². The Morgan fingerprint density at radius 1 is 1.87 bits per heavy atom.